The SMILES string of the molecule is CCN(c1cc(C2CC2CN2CCNCC2)cc(C(=O)NCc2c(C)cc(C)[nH]c2=O)c1Cl)C1CCOCC1. The topological polar surface area (TPSA) is 89.7 Å². The summed E-state index contributed by atoms with van der Waals surface area (Å²) in [5.74, 6) is 0.780. The Morgan fingerprint density at radius 2 is 1.92 bits per heavy atom. The van der Waals surface area contributed by atoms with E-state index in [0.29, 0.717) is 34.0 Å². The van der Waals surface area contributed by atoms with Crippen LogP contribution in [0.15, 0.2) is 23.0 Å². The summed E-state index contributed by atoms with van der Waals surface area (Å²) in [7, 11) is 0. The molecule has 3 fully saturated rings. The van der Waals surface area contributed by atoms with Gasteiger partial charge in [-0.2, -0.15) is 0 Å². The monoisotopic (exact) mass is 555 g/mol. The number of aromatic nitrogens is 1. The van der Waals surface area contributed by atoms with Gasteiger partial charge in [-0.25, -0.2) is 0 Å². The molecule has 1 aliphatic carbocycles. The van der Waals surface area contributed by atoms with Gasteiger partial charge in [0, 0.05) is 76.3 Å². The van der Waals surface area contributed by atoms with Gasteiger partial charge in [-0.05, 0) is 81.2 Å². The van der Waals surface area contributed by atoms with Crippen molar-refractivity contribution in [3.63, 3.8) is 0 Å². The molecule has 2 atom stereocenters. The van der Waals surface area contributed by atoms with Crippen LogP contribution in [-0.2, 0) is 11.3 Å². The van der Waals surface area contributed by atoms with Crippen molar-refractivity contribution in [2.24, 2.45) is 5.92 Å². The van der Waals surface area contributed by atoms with Crippen molar-refractivity contribution in [3.8, 4) is 0 Å². The van der Waals surface area contributed by atoms with Crippen molar-refractivity contribution in [1.29, 1.82) is 0 Å². The van der Waals surface area contributed by atoms with Gasteiger partial charge in [-0.15, -0.1) is 0 Å². The van der Waals surface area contributed by atoms with Gasteiger partial charge in [0.15, 0.2) is 0 Å². The summed E-state index contributed by atoms with van der Waals surface area (Å²) in [6, 6.07) is 6.48. The maximum absolute atomic E-state index is 13.6. The van der Waals surface area contributed by atoms with Crippen LogP contribution in [0, 0.1) is 19.8 Å². The standard InChI is InChI=1S/C30H42ClN5O3/c1-4-36(23-5-11-39-12-6-23)27-16-21(24-15-22(24)18-35-9-7-32-8-10-35)14-25(28(27)31)29(37)33-17-26-19(2)13-20(3)34-30(26)38/h13-14,16,22-24,32H,4-12,15,17-18H2,1-3H3,(H,33,37)(H,34,38). The fourth-order valence-electron chi connectivity index (χ4n) is 6.29. The van der Waals surface area contributed by atoms with E-state index in [2.05, 4.69) is 38.4 Å². The molecule has 3 heterocycles. The third-order valence-corrected chi connectivity index (χ3v) is 8.97. The first kappa shape index (κ1) is 28.1. The number of hydrogen-bond donors (Lipinski definition) is 3. The zero-order valence-corrected chi connectivity index (χ0v) is 24.2. The number of amides is 1. The number of hydrogen-bond acceptors (Lipinski definition) is 6. The summed E-state index contributed by atoms with van der Waals surface area (Å²) in [5.41, 5.74) is 4.68. The van der Waals surface area contributed by atoms with Gasteiger partial charge >= 0.3 is 0 Å². The van der Waals surface area contributed by atoms with E-state index in [4.69, 9.17) is 16.3 Å². The van der Waals surface area contributed by atoms with Gasteiger partial charge in [0.1, 0.15) is 0 Å². The molecule has 3 aliphatic rings. The number of nitrogens with one attached hydrogen (secondary N) is 3. The lowest BCUT2D eigenvalue weighted by Crippen LogP contribution is -2.44. The third kappa shape index (κ3) is 6.51. The van der Waals surface area contributed by atoms with Gasteiger partial charge in [-0.3, -0.25) is 9.59 Å². The maximum Gasteiger partial charge on any atom is 0.253 e. The molecule has 212 valence electrons. The van der Waals surface area contributed by atoms with Crippen molar-refractivity contribution in [2.45, 2.75) is 58.5 Å². The Hall–Kier alpha value is -2.39. The molecular formula is C30H42ClN5O3. The fraction of sp³-hybridized carbons (Fsp3) is 0.600. The van der Waals surface area contributed by atoms with Crippen LogP contribution in [0.3, 0.4) is 0 Å². The zero-order chi connectivity index (χ0) is 27.5. The molecule has 8 nitrogen and oxygen atoms in total. The van der Waals surface area contributed by atoms with Crippen molar-refractivity contribution in [2.75, 3.05) is 57.4 Å². The minimum Gasteiger partial charge on any atom is -0.381 e. The molecule has 1 amide bonds. The minimum atomic E-state index is -0.246. The molecular weight excluding hydrogens is 514 g/mol. The van der Waals surface area contributed by atoms with E-state index in [1.165, 1.54) is 5.56 Å². The first-order valence-corrected chi connectivity index (χ1v) is 14.8. The molecule has 1 aromatic heterocycles. The highest BCUT2D eigenvalue weighted by molar-refractivity contribution is 6.36. The highest BCUT2D eigenvalue weighted by Crippen LogP contribution is 2.50. The summed E-state index contributed by atoms with van der Waals surface area (Å²) >= 11 is 7.03. The Bertz CT molecular complexity index is 1240. The van der Waals surface area contributed by atoms with Crippen LogP contribution in [0.1, 0.15) is 64.8 Å². The number of carbonyl (C=O) groups is 1. The normalized spacial score (nSPS) is 22.1. The maximum atomic E-state index is 13.6. The molecule has 9 heteroatoms. The second-order valence-electron chi connectivity index (χ2n) is 11.3. The number of aryl methyl sites for hydroxylation is 2. The number of anilines is 1. The Morgan fingerprint density at radius 3 is 2.62 bits per heavy atom. The quantitative estimate of drug-likeness (QED) is 0.438. The molecule has 2 aromatic rings. The Labute approximate surface area is 236 Å². The molecule has 2 unspecified atom stereocenters. The van der Waals surface area contributed by atoms with Crippen LogP contribution in [0.25, 0.3) is 0 Å². The molecule has 3 N–H and O–H groups in total. The fourth-order valence-corrected chi connectivity index (χ4v) is 6.59. The summed E-state index contributed by atoms with van der Waals surface area (Å²) < 4.78 is 5.62. The lowest BCUT2D eigenvalue weighted by Gasteiger charge is -2.36. The smallest absolute Gasteiger partial charge is 0.253 e. The molecule has 1 aromatic carbocycles. The Kier molecular flexibility index (Phi) is 8.96. The highest BCUT2D eigenvalue weighted by atomic mass is 35.5. The van der Waals surface area contributed by atoms with Crippen LogP contribution in [0.2, 0.25) is 5.02 Å². The van der Waals surface area contributed by atoms with Crippen LogP contribution in [-0.4, -0.2) is 74.3 Å². The molecule has 2 aliphatic heterocycles. The molecule has 5 rings (SSSR count). The molecule has 0 bridgehead atoms. The van der Waals surface area contributed by atoms with E-state index >= 15 is 0 Å². The molecule has 0 radical (unpaired) electrons. The van der Waals surface area contributed by atoms with Gasteiger partial charge < -0.3 is 30.2 Å². The van der Waals surface area contributed by atoms with Gasteiger partial charge in [0.2, 0.25) is 0 Å². The largest absolute Gasteiger partial charge is 0.381 e. The van der Waals surface area contributed by atoms with E-state index in [1.54, 1.807) is 0 Å². The summed E-state index contributed by atoms with van der Waals surface area (Å²) in [4.78, 5) is 33.9. The average molecular weight is 556 g/mol. The highest BCUT2D eigenvalue weighted by Gasteiger charge is 2.40. The number of benzene rings is 1. The van der Waals surface area contributed by atoms with Crippen molar-refractivity contribution in [3.05, 3.63) is 61.5 Å². The van der Waals surface area contributed by atoms with Gasteiger partial charge in [-0.1, -0.05) is 11.6 Å². The predicted molar refractivity (Wildman–Crippen MR) is 156 cm³/mol. The molecule has 1 saturated carbocycles. The second-order valence-corrected chi connectivity index (χ2v) is 11.7. The van der Waals surface area contributed by atoms with Gasteiger partial charge in [0.05, 0.1) is 16.3 Å². The average Bonchev–Trinajstić information content (AvgIpc) is 3.69. The number of halogens is 1. The van der Waals surface area contributed by atoms with Crippen LogP contribution < -0.4 is 21.1 Å². The van der Waals surface area contributed by atoms with E-state index in [1.807, 2.05) is 26.0 Å². The van der Waals surface area contributed by atoms with E-state index in [-0.39, 0.29) is 18.0 Å². The third-order valence-electron chi connectivity index (χ3n) is 8.57. The predicted octanol–water partition coefficient (Wildman–Crippen LogP) is 3.59. The van der Waals surface area contributed by atoms with Crippen LogP contribution in [0.4, 0.5) is 5.69 Å². The van der Waals surface area contributed by atoms with Crippen LogP contribution >= 0.6 is 11.6 Å². The number of ether oxygens (including phenoxy) is 1. The number of piperazine rings is 1. The number of pyridine rings is 1. The Balaban J connectivity index is 1.41. The van der Waals surface area contributed by atoms with Crippen molar-refractivity contribution in [1.82, 2.24) is 20.5 Å². The summed E-state index contributed by atoms with van der Waals surface area (Å²) in [6.07, 6.45) is 3.02. The van der Waals surface area contributed by atoms with E-state index in [9.17, 15) is 9.59 Å². The second kappa shape index (κ2) is 12.4. The van der Waals surface area contributed by atoms with Crippen LogP contribution in [0.5, 0.6) is 0 Å². The number of rotatable bonds is 9. The van der Waals surface area contributed by atoms with E-state index < -0.39 is 0 Å². The first-order valence-electron chi connectivity index (χ1n) is 14.4. The Morgan fingerprint density at radius 1 is 1.18 bits per heavy atom. The van der Waals surface area contributed by atoms with E-state index in [0.717, 1.165) is 88.7 Å². The molecule has 39 heavy (non-hydrogen) atoms. The summed E-state index contributed by atoms with van der Waals surface area (Å²) in [6.45, 7) is 13.7. The van der Waals surface area contributed by atoms with Crippen molar-refractivity contribution >= 4 is 23.2 Å². The zero-order valence-electron chi connectivity index (χ0n) is 23.4. The minimum absolute atomic E-state index is 0.155. The van der Waals surface area contributed by atoms with Gasteiger partial charge in [0.25, 0.3) is 11.5 Å². The number of nitrogens with zero attached hydrogens (tertiary/aromatic N) is 2. The number of aromatic amines is 1. The molecule has 2 saturated heterocycles. The summed E-state index contributed by atoms with van der Waals surface area (Å²) in [5, 5.41) is 6.90. The van der Waals surface area contributed by atoms with Crippen molar-refractivity contribution < 1.29 is 9.53 Å². The first-order chi connectivity index (χ1) is 18.9. The number of carbonyl (C=O) groups excluding carboxylic acids is 1. The lowest BCUT2D eigenvalue weighted by molar-refractivity contribution is 0.0846. The lowest BCUT2D eigenvalue weighted by atomic mass is 10.00. The molecule has 0 spiro atoms. The number of H-pyrrole nitrogens is 1.